The normalized spacial score (nSPS) is 17.7. The smallest absolute Gasteiger partial charge is 0.253 e. The van der Waals surface area contributed by atoms with Crippen LogP contribution in [0.4, 0.5) is 0 Å². The van der Waals surface area contributed by atoms with E-state index in [1.165, 1.54) is 38.5 Å². The topological polar surface area (TPSA) is 32.3 Å². The van der Waals surface area contributed by atoms with E-state index in [0.717, 1.165) is 55.1 Å². The summed E-state index contributed by atoms with van der Waals surface area (Å²) in [5, 5.41) is 3.75. The molecule has 3 heteroatoms. The largest absolute Gasteiger partial charge is 0.339 e. The summed E-state index contributed by atoms with van der Waals surface area (Å²) in [4.78, 5) is 14.9. The molecule has 1 saturated carbocycles. The number of likely N-dealkylation sites (tertiary alicyclic amines) is 1. The summed E-state index contributed by atoms with van der Waals surface area (Å²) in [5.74, 6) is 7.41. The van der Waals surface area contributed by atoms with E-state index in [1.54, 1.807) is 0 Å². The van der Waals surface area contributed by atoms with Gasteiger partial charge in [0.15, 0.2) is 0 Å². The fourth-order valence-corrected chi connectivity index (χ4v) is 4.80. The first-order valence-corrected chi connectivity index (χ1v) is 12.0. The van der Waals surface area contributed by atoms with Gasteiger partial charge >= 0.3 is 0 Å². The van der Waals surface area contributed by atoms with E-state index in [9.17, 15) is 4.79 Å². The Bertz CT molecular complexity index is 880. The molecule has 31 heavy (non-hydrogen) atoms. The zero-order valence-electron chi connectivity index (χ0n) is 18.5. The predicted octanol–water partition coefficient (Wildman–Crippen LogP) is 5.25. The summed E-state index contributed by atoms with van der Waals surface area (Å²) in [5.41, 5.74) is 2.69. The maximum atomic E-state index is 12.9. The first kappa shape index (κ1) is 21.7. The zero-order valence-corrected chi connectivity index (χ0v) is 18.5. The third-order valence-electron chi connectivity index (χ3n) is 6.75. The molecule has 1 amide bonds. The highest BCUT2D eigenvalue weighted by Crippen LogP contribution is 2.26. The van der Waals surface area contributed by atoms with Gasteiger partial charge in [0.05, 0.1) is 0 Å². The first-order chi connectivity index (χ1) is 15.3. The van der Waals surface area contributed by atoms with Gasteiger partial charge in [-0.15, -0.1) is 0 Å². The van der Waals surface area contributed by atoms with E-state index < -0.39 is 0 Å². The molecule has 0 radical (unpaired) electrons. The van der Waals surface area contributed by atoms with Gasteiger partial charge in [0.2, 0.25) is 0 Å². The van der Waals surface area contributed by atoms with Crippen LogP contribution in [0.2, 0.25) is 0 Å². The van der Waals surface area contributed by atoms with Crippen LogP contribution in [-0.2, 0) is 0 Å². The predicted molar refractivity (Wildman–Crippen MR) is 127 cm³/mol. The second-order valence-corrected chi connectivity index (χ2v) is 9.01. The van der Waals surface area contributed by atoms with Crippen LogP contribution >= 0.6 is 0 Å². The van der Waals surface area contributed by atoms with E-state index in [-0.39, 0.29) is 5.91 Å². The van der Waals surface area contributed by atoms with Gasteiger partial charge in [-0.05, 0) is 68.1 Å². The number of hydrogen-bond acceptors (Lipinski definition) is 2. The Morgan fingerprint density at radius 2 is 1.48 bits per heavy atom. The number of piperidine rings is 1. The van der Waals surface area contributed by atoms with Crippen molar-refractivity contribution < 1.29 is 4.79 Å². The number of amides is 1. The fraction of sp³-hybridized carbons (Fsp3) is 0.464. The van der Waals surface area contributed by atoms with E-state index in [2.05, 4.69) is 17.2 Å². The summed E-state index contributed by atoms with van der Waals surface area (Å²) in [6, 6.07) is 18.2. The Balaban J connectivity index is 1.21. The molecule has 0 bridgehead atoms. The van der Waals surface area contributed by atoms with Gasteiger partial charge in [0.1, 0.15) is 0 Å². The third-order valence-corrected chi connectivity index (χ3v) is 6.75. The molecular formula is C28H34N2O. The van der Waals surface area contributed by atoms with E-state index >= 15 is 0 Å². The first-order valence-electron chi connectivity index (χ1n) is 12.0. The van der Waals surface area contributed by atoms with Crippen LogP contribution in [0.1, 0.15) is 72.9 Å². The van der Waals surface area contributed by atoms with E-state index in [0.29, 0.717) is 6.04 Å². The SMILES string of the molecule is O=C(c1ccc(C#Cc2ccccc2)cc1)N1CCC(NCCC2CCCCC2)CC1. The van der Waals surface area contributed by atoms with Gasteiger partial charge in [0.25, 0.3) is 5.91 Å². The number of hydrogen-bond donors (Lipinski definition) is 1. The van der Waals surface area contributed by atoms with Gasteiger partial charge in [-0.3, -0.25) is 4.79 Å². The number of carbonyl (C=O) groups excluding carboxylic acids is 1. The van der Waals surface area contributed by atoms with Crippen LogP contribution in [-0.4, -0.2) is 36.5 Å². The monoisotopic (exact) mass is 414 g/mol. The average Bonchev–Trinajstić information content (AvgIpc) is 2.84. The lowest BCUT2D eigenvalue weighted by Crippen LogP contribution is -2.45. The van der Waals surface area contributed by atoms with E-state index in [1.807, 2.05) is 59.5 Å². The third kappa shape index (κ3) is 6.45. The Morgan fingerprint density at radius 1 is 0.839 bits per heavy atom. The van der Waals surface area contributed by atoms with Crippen LogP contribution in [0.15, 0.2) is 54.6 Å². The number of carbonyl (C=O) groups is 1. The van der Waals surface area contributed by atoms with E-state index in [4.69, 9.17) is 0 Å². The van der Waals surface area contributed by atoms with Crippen LogP contribution in [0.25, 0.3) is 0 Å². The van der Waals surface area contributed by atoms with Crippen molar-refractivity contribution in [3.05, 3.63) is 71.3 Å². The van der Waals surface area contributed by atoms with Crippen molar-refractivity contribution in [2.45, 2.75) is 57.4 Å². The van der Waals surface area contributed by atoms with Gasteiger partial charge in [-0.1, -0.05) is 62.1 Å². The van der Waals surface area contributed by atoms with Gasteiger partial charge in [0, 0.05) is 35.8 Å². The molecule has 1 heterocycles. The highest BCUT2D eigenvalue weighted by molar-refractivity contribution is 5.94. The molecule has 0 aromatic heterocycles. The molecule has 2 aliphatic rings. The lowest BCUT2D eigenvalue weighted by atomic mass is 9.87. The van der Waals surface area contributed by atoms with Gasteiger partial charge in [-0.2, -0.15) is 0 Å². The van der Waals surface area contributed by atoms with Crippen molar-refractivity contribution in [1.82, 2.24) is 10.2 Å². The van der Waals surface area contributed by atoms with Crippen LogP contribution in [0, 0.1) is 17.8 Å². The molecule has 0 atom stereocenters. The number of benzene rings is 2. The molecule has 1 aliphatic carbocycles. The fourth-order valence-electron chi connectivity index (χ4n) is 4.80. The molecule has 1 saturated heterocycles. The lowest BCUT2D eigenvalue weighted by Gasteiger charge is -2.33. The molecule has 2 fully saturated rings. The Morgan fingerprint density at radius 3 is 2.16 bits per heavy atom. The van der Waals surface area contributed by atoms with Crippen molar-refractivity contribution >= 4 is 5.91 Å². The average molecular weight is 415 g/mol. The Labute approximate surface area is 187 Å². The van der Waals surface area contributed by atoms with Crippen LogP contribution in [0.5, 0.6) is 0 Å². The molecule has 0 spiro atoms. The summed E-state index contributed by atoms with van der Waals surface area (Å²) in [6.45, 7) is 2.82. The van der Waals surface area contributed by atoms with Crippen molar-refractivity contribution in [2.75, 3.05) is 19.6 Å². The van der Waals surface area contributed by atoms with Crippen molar-refractivity contribution in [3.8, 4) is 11.8 Å². The summed E-state index contributed by atoms with van der Waals surface area (Å²) in [6.07, 6.45) is 10.5. The molecule has 2 aromatic rings. The molecule has 4 rings (SSSR count). The quantitative estimate of drug-likeness (QED) is 0.678. The summed E-state index contributed by atoms with van der Waals surface area (Å²) < 4.78 is 0. The zero-order chi connectivity index (χ0) is 21.3. The second kappa shape index (κ2) is 11.2. The minimum absolute atomic E-state index is 0.142. The van der Waals surface area contributed by atoms with Crippen molar-refractivity contribution in [3.63, 3.8) is 0 Å². The lowest BCUT2D eigenvalue weighted by molar-refractivity contribution is 0.0705. The van der Waals surface area contributed by atoms with Crippen molar-refractivity contribution in [2.24, 2.45) is 5.92 Å². The van der Waals surface area contributed by atoms with Gasteiger partial charge in [-0.25, -0.2) is 0 Å². The molecule has 1 aliphatic heterocycles. The highest BCUT2D eigenvalue weighted by Gasteiger charge is 2.23. The molecule has 3 nitrogen and oxygen atoms in total. The molecule has 2 aromatic carbocycles. The molecule has 162 valence electrons. The molecule has 0 unspecified atom stereocenters. The van der Waals surface area contributed by atoms with Crippen LogP contribution in [0.3, 0.4) is 0 Å². The summed E-state index contributed by atoms with van der Waals surface area (Å²) >= 11 is 0. The second-order valence-electron chi connectivity index (χ2n) is 9.01. The highest BCUT2D eigenvalue weighted by atomic mass is 16.2. The number of rotatable bonds is 5. The van der Waals surface area contributed by atoms with Crippen LogP contribution < -0.4 is 5.32 Å². The van der Waals surface area contributed by atoms with Gasteiger partial charge < -0.3 is 10.2 Å². The maximum absolute atomic E-state index is 12.9. The minimum atomic E-state index is 0.142. The summed E-state index contributed by atoms with van der Waals surface area (Å²) in [7, 11) is 0. The number of nitrogens with zero attached hydrogens (tertiary/aromatic N) is 1. The Kier molecular flexibility index (Phi) is 7.80. The standard InChI is InChI=1S/C28H34N2O/c31-28(26-15-13-25(14-16-26)12-11-23-7-3-1-4-8-23)30-21-18-27(19-22-30)29-20-17-24-9-5-2-6-10-24/h1,3-4,7-8,13-16,24,27,29H,2,5-6,9-10,17-22H2. The number of nitrogens with one attached hydrogen (secondary N) is 1. The maximum Gasteiger partial charge on any atom is 0.253 e. The molecular weight excluding hydrogens is 380 g/mol. The minimum Gasteiger partial charge on any atom is -0.339 e. The Hall–Kier alpha value is -2.57. The molecule has 1 N–H and O–H groups in total. The van der Waals surface area contributed by atoms with Crippen molar-refractivity contribution in [1.29, 1.82) is 0 Å².